The van der Waals surface area contributed by atoms with Crippen LogP contribution >= 0.6 is 0 Å². The van der Waals surface area contributed by atoms with Crippen LogP contribution in [0.4, 0.5) is 23.7 Å². The number of benzene rings is 2. The van der Waals surface area contributed by atoms with E-state index in [-0.39, 0.29) is 36.5 Å². The van der Waals surface area contributed by atoms with Crippen LogP contribution in [-0.2, 0) is 21.0 Å². The zero-order valence-corrected chi connectivity index (χ0v) is 17.6. The summed E-state index contributed by atoms with van der Waals surface area (Å²) in [7, 11) is -3.96. The van der Waals surface area contributed by atoms with E-state index in [9.17, 15) is 31.2 Å². The molecule has 2 saturated heterocycles. The molecule has 3 amide bonds. The van der Waals surface area contributed by atoms with Crippen LogP contribution in [0.1, 0.15) is 18.4 Å². The fourth-order valence-electron chi connectivity index (χ4n) is 4.00. The highest BCUT2D eigenvalue weighted by atomic mass is 32.2. The molecular formula is C21H20F3N3O4S. The molecule has 0 unspecified atom stereocenters. The minimum Gasteiger partial charge on any atom is -0.312 e. The second-order valence-electron chi connectivity index (χ2n) is 7.63. The molecule has 2 aromatic rings. The lowest BCUT2D eigenvalue weighted by atomic mass is 10.1. The Kier molecular flexibility index (Phi) is 5.72. The number of halogens is 3. The van der Waals surface area contributed by atoms with Crippen molar-refractivity contribution in [3.05, 3.63) is 60.2 Å². The van der Waals surface area contributed by atoms with Gasteiger partial charge in [-0.05, 0) is 49.2 Å². The molecule has 0 atom stereocenters. The van der Waals surface area contributed by atoms with Crippen molar-refractivity contribution >= 4 is 27.6 Å². The van der Waals surface area contributed by atoms with Crippen LogP contribution in [0.5, 0.6) is 0 Å². The number of hydrogen-bond donors (Lipinski definition) is 0. The van der Waals surface area contributed by atoms with E-state index in [1.807, 2.05) is 0 Å². The van der Waals surface area contributed by atoms with E-state index in [0.717, 1.165) is 29.2 Å². The SMILES string of the molecule is O=C1CN(C2CCN(S(=O)(=O)c3ccc(C(F)(F)F)cc3)CC2)C(=O)N1c1ccccc1. The molecule has 0 bridgehead atoms. The van der Waals surface area contributed by atoms with E-state index in [0.29, 0.717) is 18.5 Å². The van der Waals surface area contributed by atoms with Crippen LogP contribution in [0.25, 0.3) is 0 Å². The van der Waals surface area contributed by atoms with Gasteiger partial charge in [-0.2, -0.15) is 17.5 Å². The number of rotatable bonds is 4. The molecule has 7 nitrogen and oxygen atoms in total. The Morgan fingerprint density at radius 3 is 2.03 bits per heavy atom. The molecule has 2 aliphatic heterocycles. The van der Waals surface area contributed by atoms with Gasteiger partial charge in [-0.1, -0.05) is 18.2 Å². The molecular weight excluding hydrogens is 447 g/mol. The third-order valence-electron chi connectivity index (χ3n) is 5.69. The van der Waals surface area contributed by atoms with Gasteiger partial charge in [-0.25, -0.2) is 18.1 Å². The number of anilines is 1. The molecule has 0 aromatic heterocycles. The summed E-state index contributed by atoms with van der Waals surface area (Å²) in [5, 5.41) is 0. The van der Waals surface area contributed by atoms with Crippen molar-refractivity contribution in [1.29, 1.82) is 0 Å². The van der Waals surface area contributed by atoms with Crippen molar-refractivity contribution in [1.82, 2.24) is 9.21 Å². The number of sulfonamides is 1. The van der Waals surface area contributed by atoms with Crippen LogP contribution < -0.4 is 4.90 Å². The highest BCUT2D eigenvalue weighted by Crippen LogP contribution is 2.31. The van der Waals surface area contributed by atoms with E-state index in [4.69, 9.17) is 0 Å². The summed E-state index contributed by atoms with van der Waals surface area (Å²) in [5.74, 6) is -0.346. The standard InChI is InChI=1S/C21H20F3N3O4S/c22-21(23,24)15-6-8-18(9-7-15)32(30,31)25-12-10-16(11-13-25)26-14-19(28)27(20(26)29)17-4-2-1-3-5-17/h1-9,16H,10-14H2. The number of hydrogen-bond acceptors (Lipinski definition) is 4. The number of carbonyl (C=O) groups excluding carboxylic acids is 2. The quantitative estimate of drug-likeness (QED) is 0.647. The Morgan fingerprint density at radius 2 is 1.47 bits per heavy atom. The van der Waals surface area contributed by atoms with Crippen LogP contribution in [0, 0.1) is 0 Å². The van der Waals surface area contributed by atoms with Gasteiger partial charge in [-0.15, -0.1) is 0 Å². The number of alkyl halides is 3. The number of nitrogens with zero attached hydrogens (tertiary/aromatic N) is 3. The maximum Gasteiger partial charge on any atom is 0.416 e. The van der Waals surface area contributed by atoms with Gasteiger partial charge in [0, 0.05) is 19.1 Å². The second kappa shape index (κ2) is 8.21. The van der Waals surface area contributed by atoms with Crippen molar-refractivity contribution in [2.45, 2.75) is 30.0 Å². The predicted molar refractivity (Wildman–Crippen MR) is 109 cm³/mol. The summed E-state index contributed by atoms with van der Waals surface area (Å²) in [4.78, 5) is 27.6. The Hall–Kier alpha value is -2.92. The summed E-state index contributed by atoms with van der Waals surface area (Å²) in [6.45, 7) is 0.110. The average molecular weight is 467 g/mol. The van der Waals surface area contributed by atoms with Gasteiger partial charge in [0.05, 0.1) is 16.1 Å². The molecule has 170 valence electrons. The maximum atomic E-state index is 12.8. The molecule has 2 aliphatic rings. The molecule has 0 aliphatic carbocycles. The zero-order chi connectivity index (χ0) is 23.1. The minimum absolute atomic E-state index is 0.0793. The smallest absolute Gasteiger partial charge is 0.312 e. The number of para-hydroxylation sites is 1. The third kappa shape index (κ3) is 4.09. The maximum absolute atomic E-state index is 12.8. The molecule has 0 saturated carbocycles. The molecule has 2 heterocycles. The monoisotopic (exact) mass is 467 g/mol. The Balaban J connectivity index is 1.43. The first-order valence-corrected chi connectivity index (χ1v) is 11.4. The Bertz CT molecular complexity index is 1110. The van der Waals surface area contributed by atoms with Crippen molar-refractivity contribution < 1.29 is 31.2 Å². The summed E-state index contributed by atoms with van der Waals surface area (Å²) in [6.07, 6.45) is -3.91. The lowest BCUT2D eigenvalue weighted by Crippen LogP contribution is -2.48. The number of piperidine rings is 1. The Morgan fingerprint density at radius 1 is 0.875 bits per heavy atom. The normalized spacial score (nSPS) is 19.1. The molecule has 2 fully saturated rings. The van der Waals surface area contributed by atoms with Crippen LogP contribution in [0.15, 0.2) is 59.5 Å². The van der Waals surface area contributed by atoms with E-state index < -0.39 is 27.8 Å². The lowest BCUT2D eigenvalue weighted by molar-refractivity contribution is -0.137. The second-order valence-corrected chi connectivity index (χ2v) is 9.57. The average Bonchev–Trinajstić information content (AvgIpc) is 3.08. The molecule has 0 radical (unpaired) electrons. The summed E-state index contributed by atoms with van der Waals surface area (Å²) >= 11 is 0. The zero-order valence-electron chi connectivity index (χ0n) is 16.8. The van der Waals surface area contributed by atoms with E-state index in [1.165, 1.54) is 9.21 Å². The van der Waals surface area contributed by atoms with Crippen molar-refractivity contribution in [3.8, 4) is 0 Å². The summed E-state index contributed by atoms with van der Waals surface area (Å²) in [6, 6.07) is 11.2. The fraction of sp³-hybridized carbons (Fsp3) is 0.333. The van der Waals surface area contributed by atoms with Gasteiger partial charge in [0.2, 0.25) is 10.0 Å². The largest absolute Gasteiger partial charge is 0.416 e. The number of carbonyl (C=O) groups is 2. The van der Waals surface area contributed by atoms with Crippen molar-refractivity contribution in [3.63, 3.8) is 0 Å². The molecule has 0 N–H and O–H groups in total. The topological polar surface area (TPSA) is 78.0 Å². The summed E-state index contributed by atoms with van der Waals surface area (Å²) < 4.78 is 65.1. The highest BCUT2D eigenvalue weighted by molar-refractivity contribution is 7.89. The van der Waals surface area contributed by atoms with Crippen molar-refractivity contribution in [2.75, 3.05) is 24.5 Å². The van der Waals surface area contributed by atoms with Crippen molar-refractivity contribution in [2.24, 2.45) is 0 Å². The lowest BCUT2D eigenvalue weighted by Gasteiger charge is -2.35. The first-order valence-electron chi connectivity index (χ1n) is 9.95. The van der Waals surface area contributed by atoms with Crippen LogP contribution in [-0.4, -0.2) is 55.2 Å². The van der Waals surface area contributed by atoms with Gasteiger partial charge >= 0.3 is 12.2 Å². The Labute approximate surface area is 183 Å². The predicted octanol–water partition coefficient (Wildman–Crippen LogP) is 3.33. The minimum atomic E-state index is -4.55. The molecule has 32 heavy (non-hydrogen) atoms. The van der Waals surface area contributed by atoms with Gasteiger partial charge < -0.3 is 4.90 Å². The van der Waals surface area contributed by atoms with E-state index in [1.54, 1.807) is 30.3 Å². The first-order chi connectivity index (χ1) is 15.1. The van der Waals surface area contributed by atoms with Crippen LogP contribution in [0.2, 0.25) is 0 Å². The molecule has 4 rings (SSSR count). The van der Waals surface area contributed by atoms with E-state index >= 15 is 0 Å². The highest BCUT2D eigenvalue weighted by Gasteiger charge is 2.42. The van der Waals surface area contributed by atoms with Gasteiger partial charge in [0.15, 0.2) is 0 Å². The molecule has 11 heteroatoms. The fourth-order valence-corrected chi connectivity index (χ4v) is 5.46. The number of imide groups is 1. The van der Waals surface area contributed by atoms with Gasteiger partial charge in [-0.3, -0.25) is 4.79 Å². The molecule has 0 spiro atoms. The molecule has 2 aromatic carbocycles. The number of amides is 3. The van der Waals surface area contributed by atoms with Crippen LogP contribution in [0.3, 0.4) is 0 Å². The van der Waals surface area contributed by atoms with Gasteiger partial charge in [0.25, 0.3) is 5.91 Å². The number of urea groups is 1. The van der Waals surface area contributed by atoms with E-state index in [2.05, 4.69) is 0 Å². The third-order valence-corrected chi connectivity index (χ3v) is 7.60. The van der Waals surface area contributed by atoms with Gasteiger partial charge in [0.1, 0.15) is 6.54 Å². The first kappa shape index (κ1) is 22.3. The summed E-state index contributed by atoms with van der Waals surface area (Å²) in [5.41, 5.74) is -0.442.